The number of thiophene rings is 1. The quantitative estimate of drug-likeness (QED) is 0.739. The number of nitrogens with two attached hydrogens (primary N) is 1. The molecule has 0 aliphatic rings. The Balaban J connectivity index is 2.59. The Morgan fingerprint density at radius 2 is 1.92 bits per heavy atom. The zero-order chi connectivity index (χ0) is 9.26. The summed E-state index contributed by atoms with van der Waals surface area (Å²) in [5.74, 6) is -0.225. The minimum atomic E-state index is -0.225. The molecule has 0 unspecified atom stereocenters. The van der Waals surface area contributed by atoms with Gasteiger partial charge in [0.05, 0.1) is 10.6 Å². The van der Waals surface area contributed by atoms with E-state index in [2.05, 4.69) is 0 Å². The van der Waals surface area contributed by atoms with Crippen molar-refractivity contribution in [3.63, 3.8) is 0 Å². The molecule has 0 amide bonds. The lowest BCUT2D eigenvalue weighted by atomic mass is 10.1. The van der Waals surface area contributed by atoms with Gasteiger partial charge in [0, 0.05) is 5.56 Å². The largest absolute Gasteiger partial charge is 0.398 e. The van der Waals surface area contributed by atoms with Crippen molar-refractivity contribution in [1.29, 1.82) is 0 Å². The third-order valence-electron chi connectivity index (χ3n) is 1.81. The third kappa shape index (κ3) is 1.42. The van der Waals surface area contributed by atoms with Crippen molar-refractivity contribution in [1.82, 2.24) is 0 Å². The van der Waals surface area contributed by atoms with Gasteiger partial charge in [0.2, 0.25) is 0 Å². The maximum Gasteiger partial charge on any atom is 0.131 e. The first-order valence-electron chi connectivity index (χ1n) is 3.87. The minimum absolute atomic E-state index is 0.225. The monoisotopic (exact) mass is 193 g/mol. The number of benzene rings is 1. The molecular weight excluding hydrogens is 185 g/mol. The smallest absolute Gasteiger partial charge is 0.131 e. The van der Waals surface area contributed by atoms with Crippen molar-refractivity contribution in [2.75, 3.05) is 5.73 Å². The van der Waals surface area contributed by atoms with Crippen LogP contribution in [0.5, 0.6) is 0 Å². The normalized spacial score (nSPS) is 10.2. The Hall–Kier alpha value is -1.35. The lowest BCUT2D eigenvalue weighted by Crippen LogP contribution is -1.86. The van der Waals surface area contributed by atoms with E-state index in [0.717, 1.165) is 4.88 Å². The van der Waals surface area contributed by atoms with E-state index in [1.54, 1.807) is 24.3 Å². The highest BCUT2D eigenvalue weighted by Gasteiger charge is 2.07. The van der Waals surface area contributed by atoms with Gasteiger partial charge in [0.1, 0.15) is 5.82 Å². The highest BCUT2D eigenvalue weighted by Crippen LogP contribution is 2.32. The SMILES string of the molecule is Nc1ccsc1-c1ccccc1F. The number of anilines is 1. The third-order valence-corrected chi connectivity index (χ3v) is 2.78. The molecule has 1 aromatic heterocycles. The summed E-state index contributed by atoms with van der Waals surface area (Å²) in [4.78, 5) is 0.804. The summed E-state index contributed by atoms with van der Waals surface area (Å²) < 4.78 is 13.3. The van der Waals surface area contributed by atoms with E-state index in [0.29, 0.717) is 11.3 Å². The second kappa shape index (κ2) is 3.18. The highest BCUT2D eigenvalue weighted by atomic mass is 32.1. The average molecular weight is 193 g/mol. The molecule has 1 aromatic carbocycles. The van der Waals surface area contributed by atoms with Crippen LogP contribution in [0.25, 0.3) is 10.4 Å². The number of hydrogen-bond acceptors (Lipinski definition) is 2. The van der Waals surface area contributed by atoms with Gasteiger partial charge in [-0.15, -0.1) is 11.3 Å². The standard InChI is InChI=1S/C10H8FNS/c11-8-4-2-1-3-7(8)10-9(12)5-6-13-10/h1-6H,12H2. The number of nitrogen functional groups attached to an aromatic ring is 1. The summed E-state index contributed by atoms with van der Waals surface area (Å²) in [6, 6.07) is 8.43. The van der Waals surface area contributed by atoms with E-state index in [4.69, 9.17) is 5.73 Å². The molecule has 0 fully saturated rings. The lowest BCUT2D eigenvalue weighted by molar-refractivity contribution is 0.632. The van der Waals surface area contributed by atoms with Crippen LogP contribution in [0.1, 0.15) is 0 Å². The van der Waals surface area contributed by atoms with Crippen molar-refractivity contribution >= 4 is 17.0 Å². The maximum atomic E-state index is 13.3. The van der Waals surface area contributed by atoms with E-state index in [9.17, 15) is 4.39 Å². The average Bonchev–Trinajstić information content (AvgIpc) is 2.52. The molecule has 0 spiro atoms. The van der Waals surface area contributed by atoms with Gasteiger partial charge >= 0.3 is 0 Å². The lowest BCUT2D eigenvalue weighted by Gasteiger charge is -2.00. The molecular formula is C10H8FNS. The molecule has 0 atom stereocenters. The predicted octanol–water partition coefficient (Wildman–Crippen LogP) is 3.14. The van der Waals surface area contributed by atoms with E-state index < -0.39 is 0 Å². The minimum Gasteiger partial charge on any atom is -0.398 e. The zero-order valence-corrected chi connectivity index (χ0v) is 7.64. The Kier molecular flexibility index (Phi) is 2.02. The fraction of sp³-hybridized carbons (Fsp3) is 0. The van der Waals surface area contributed by atoms with Gasteiger partial charge in [0.25, 0.3) is 0 Å². The summed E-state index contributed by atoms with van der Waals surface area (Å²) in [7, 11) is 0. The van der Waals surface area contributed by atoms with E-state index in [1.165, 1.54) is 17.4 Å². The van der Waals surface area contributed by atoms with Crippen molar-refractivity contribution in [3.8, 4) is 10.4 Å². The van der Waals surface area contributed by atoms with Crippen LogP contribution >= 0.6 is 11.3 Å². The van der Waals surface area contributed by atoms with Gasteiger partial charge in [0.15, 0.2) is 0 Å². The second-order valence-electron chi connectivity index (χ2n) is 2.68. The van der Waals surface area contributed by atoms with Crippen molar-refractivity contribution < 1.29 is 4.39 Å². The van der Waals surface area contributed by atoms with Crippen LogP contribution in [0, 0.1) is 5.82 Å². The van der Waals surface area contributed by atoms with E-state index in [-0.39, 0.29) is 5.82 Å². The van der Waals surface area contributed by atoms with Gasteiger partial charge in [-0.25, -0.2) is 4.39 Å². The van der Waals surface area contributed by atoms with Crippen LogP contribution in [-0.4, -0.2) is 0 Å². The molecule has 2 rings (SSSR count). The van der Waals surface area contributed by atoms with Crippen molar-refractivity contribution in [2.45, 2.75) is 0 Å². The number of halogens is 1. The Morgan fingerprint density at radius 1 is 1.15 bits per heavy atom. The van der Waals surface area contributed by atoms with Crippen LogP contribution in [0.4, 0.5) is 10.1 Å². The molecule has 1 heterocycles. The molecule has 0 aliphatic carbocycles. The molecule has 1 nitrogen and oxygen atoms in total. The fourth-order valence-electron chi connectivity index (χ4n) is 1.18. The van der Waals surface area contributed by atoms with Gasteiger partial charge in [-0.1, -0.05) is 18.2 Å². The summed E-state index contributed by atoms with van der Waals surface area (Å²) in [6.07, 6.45) is 0. The molecule has 2 N–H and O–H groups in total. The molecule has 0 saturated heterocycles. The van der Waals surface area contributed by atoms with Crippen LogP contribution in [-0.2, 0) is 0 Å². The molecule has 0 saturated carbocycles. The van der Waals surface area contributed by atoms with Crippen LogP contribution in [0.2, 0.25) is 0 Å². The van der Waals surface area contributed by atoms with Gasteiger partial charge < -0.3 is 5.73 Å². The van der Waals surface area contributed by atoms with Gasteiger partial charge in [-0.05, 0) is 17.5 Å². The van der Waals surface area contributed by atoms with Gasteiger partial charge in [-0.2, -0.15) is 0 Å². The van der Waals surface area contributed by atoms with Crippen LogP contribution in [0.3, 0.4) is 0 Å². The van der Waals surface area contributed by atoms with Gasteiger partial charge in [-0.3, -0.25) is 0 Å². The van der Waals surface area contributed by atoms with Crippen molar-refractivity contribution in [2.24, 2.45) is 0 Å². The fourth-order valence-corrected chi connectivity index (χ4v) is 2.03. The first-order valence-corrected chi connectivity index (χ1v) is 4.75. The van der Waals surface area contributed by atoms with E-state index in [1.807, 2.05) is 5.38 Å². The zero-order valence-electron chi connectivity index (χ0n) is 6.83. The number of rotatable bonds is 1. The molecule has 0 aliphatic heterocycles. The first kappa shape index (κ1) is 8.26. The maximum absolute atomic E-state index is 13.3. The summed E-state index contributed by atoms with van der Waals surface area (Å²) in [5, 5.41) is 1.86. The summed E-state index contributed by atoms with van der Waals surface area (Å²) >= 11 is 1.45. The second-order valence-corrected chi connectivity index (χ2v) is 3.60. The molecule has 13 heavy (non-hydrogen) atoms. The Morgan fingerprint density at radius 3 is 2.54 bits per heavy atom. The highest BCUT2D eigenvalue weighted by molar-refractivity contribution is 7.14. The molecule has 3 heteroatoms. The first-order chi connectivity index (χ1) is 6.29. The predicted molar refractivity (Wildman–Crippen MR) is 54.1 cm³/mol. The number of hydrogen-bond donors (Lipinski definition) is 1. The van der Waals surface area contributed by atoms with E-state index >= 15 is 0 Å². The Bertz CT molecular complexity index is 422. The summed E-state index contributed by atoms with van der Waals surface area (Å²) in [6.45, 7) is 0. The molecule has 2 aromatic rings. The Labute approximate surface area is 79.6 Å². The summed E-state index contributed by atoms with van der Waals surface area (Å²) in [5.41, 5.74) is 6.90. The van der Waals surface area contributed by atoms with Crippen LogP contribution in [0.15, 0.2) is 35.7 Å². The van der Waals surface area contributed by atoms with Crippen LogP contribution < -0.4 is 5.73 Å². The topological polar surface area (TPSA) is 26.0 Å². The van der Waals surface area contributed by atoms with Crippen molar-refractivity contribution in [3.05, 3.63) is 41.5 Å². The molecule has 0 radical (unpaired) electrons. The molecule has 0 bridgehead atoms. The molecule has 66 valence electrons.